The monoisotopic (exact) mass is 327 g/mol. The Kier molecular flexibility index (Phi) is 4.00. The van der Waals surface area contributed by atoms with Crippen LogP contribution in [0.25, 0.3) is 22.0 Å². The van der Waals surface area contributed by atoms with Crippen LogP contribution < -0.4 is 14.8 Å². The van der Waals surface area contributed by atoms with Gasteiger partial charge in [0.1, 0.15) is 5.82 Å². The molecule has 1 aliphatic heterocycles. The molecular formula is C19H25N3O2. The summed E-state index contributed by atoms with van der Waals surface area (Å²) >= 11 is 0. The number of H-pyrrole nitrogens is 2. The number of hydrogen-bond acceptors (Lipinski definition) is 3. The average molecular weight is 327 g/mol. The predicted octanol–water partition coefficient (Wildman–Crippen LogP) is 4.61. The number of fused-ring (bicyclic) bond motifs is 3. The van der Waals surface area contributed by atoms with Crippen molar-refractivity contribution in [2.45, 2.75) is 32.1 Å². The van der Waals surface area contributed by atoms with Gasteiger partial charge < -0.3 is 14.8 Å². The average Bonchev–Trinajstić information content (AvgIpc) is 3.18. The second-order valence-corrected chi connectivity index (χ2v) is 6.74. The van der Waals surface area contributed by atoms with Gasteiger partial charge in [-0.15, -0.1) is 0 Å². The van der Waals surface area contributed by atoms with E-state index in [0.717, 1.165) is 46.2 Å². The molecule has 1 saturated carbocycles. The van der Waals surface area contributed by atoms with Gasteiger partial charge in [-0.2, -0.15) is 0 Å². The third kappa shape index (κ3) is 2.58. The van der Waals surface area contributed by atoms with Gasteiger partial charge in [0.2, 0.25) is 0 Å². The first-order valence-electron chi connectivity index (χ1n) is 8.79. The van der Waals surface area contributed by atoms with Crippen LogP contribution in [0.1, 0.15) is 32.1 Å². The topological polar surface area (TPSA) is 62.1 Å². The number of nitrogens with one attached hydrogen (secondary N) is 3. The normalized spacial score (nSPS) is 15.9. The summed E-state index contributed by atoms with van der Waals surface area (Å²) in [4.78, 5) is 0. The molecule has 1 heterocycles. The number of anilines is 1. The van der Waals surface area contributed by atoms with E-state index in [1.165, 1.54) is 37.7 Å². The SMILES string of the molecule is COc1cc2cc3c(NCC4CCCCC4)[nH][nH]c-3c2cc1OC. The second-order valence-electron chi connectivity index (χ2n) is 6.74. The zero-order valence-electron chi connectivity index (χ0n) is 14.4. The minimum absolute atomic E-state index is 0.754. The molecule has 24 heavy (non-hydrogen) atoms. The van der Waals surface area contributed by atoms with E-state index in [0.29, 0.717) is 0 Å². The van der Waals surface area contributed by atoms with Gasteiger partial charge in [0.05, 0.1) is 19.9 Å². The Hall–Kier alpha value is -2.30. The van der Waals surface area contributed by atoms with E-state index in [2.05, 4.69) is 21.6 Å². The van der Waals surface area contributed by atoms with Gasteiger partial charge in [-0.3, -0.25) is 10.2 Å². The van der Waals surface area contributed by atoms with E-state index in [4.69, 9.17) is 9.47 Å². The van der Waals surface area contributed by atoms with Crippen molar-refractivity contribution in [1.29, 1.82) is 0 Å². The van der Waals surface area contributed by atoms with Gasteiger partial charge in [0, 0.05) is 17.5 Å². The first-order chi connectivity index (χ1) is 11.8. The first-order valence-corrected chi connectivity index (χ1v) is 8.79. The fraction of sp³-hybridized carbons (Fsp3) is 0.474. The van der Waals surface area contributed by atoms with Crippen molar-refractivity contribution in [2.75, 3.05) is 26.1 Å². The Morgan fingerprint density at radius 2 is 1.75 bits per heavy atom. The molecule has 0 atom stereocenters. The molecule has 1 aromatic rings. The van der Waals surface area contributed by atoms with Crippen LogP contribution >= 0.6 is 0 Å². The summed E-state index contributed by atoms with van der Waals surface area (Å²) in [5.41, 5.74) is 2.30. The minimum atomic E-state index is 0.754. The maximum Gasteiger partial charge on any atom is 0.161 e. The molecule has 4 rings (SSSR count). The highest BCUT2D eigenvalue weighted by Crippen LogP contribution is 2.42. The summed E-state index contributed by atoms with van der Waals surface area (Å²) in [6.45, 7) is 1.04. The molecule has 0 radical (unpaired) electrons. The van der Waals surface area contributed by atoms with Gasteiger partial charge >= 0.3 is 0 Å². The fourth-order valence-corrected chi connectivity index (χ4v) is 3.90. The molecular weight excluding hydrogens is 302 g/mol. The fourth-order valence-electron chi connectivity index (χ4n) is 3.90. The summed E-state index contributed by atoms with van der Waals surface area (Å²) in [5, 5.41) is 12.5. The van der Waals surface area contributed by atoms with Crippen molar-refractivity contribution in [2.24, 2.45) is 5.92 Å². The van der Waals surface area contributed by atoms with E-state index in [1.807, 2.05) is 12.1 Å². The molecule has 0 bridgehead atoms. The van der Waals surface area contributed by atoms with Crippen molar-refractivity contribution < 1.29 is 9.47 Å². The highest BCUT2D eigenvalue weighted by atomic mass is 16.5. The van der Waals surface area contributed by atoms with Crippen molar-refractivity contribution in [3.63, 3.8) is 0 Å². The molecule has 0 unspecified atom stereocenters. The zero-order chi connectivity index (χ0) is 16.5. The molecule has 3 N–H and O–H groups in total. The number of methoxy groups -OCH3 is 2. The van der Waals surface area contributed by atoms with Crippen molar-refractivity contribution in [1.82, 2.24) is 10.2 Å². The quantitative estimate of drug-likeness (QED) is 0.641. The van der Waals surface area contributed by atoms with Gasteiger partial charge in [-0.25, -0.2) is 0 Å². The second kappa shape index (κ2) is 6.30. The molecule has 5 heteroatoms. The lowest BCUT2D eigenvalue weighted by atomic mass is 9.89. The van der Waals surface area contributed by atoms with Gasteiger partial charge in [-0.1, -0.05) is 19.3 Å². The molecule has 5 nitrogen and oxygen atoms in total. The number of aromatic nitrogens is 2. The molecule has 3 aliphatic rings. The summed E-state index contributed by atoms with van der Waals surface area (Å²) in [6, 6.07) is 6.27. The van der Waals surface area contributed by atoms with E-state index in [-0.39, 0.29) is 0 Å². The molecule has 0 aromatic heterocycles. The van der Waals surface area contributed by atoms with Crippen molar-refractivity contribution in [3.8, 4) is 22.8 Å². The molecule has 128 valence electrons. The third-order valence-electron chi connectivity index (χ3n) is 5.27. The lowest BCUT2D eigenvalue weighted by molar-refractivity contribution is 0.356. The highest BCUT2D eigenvalue weighted by Gasteiger charge is 2.20. The van der Waals surface area contributed by atoms with Gasteiger partial charge in [-0.05, 0) is 42.3 Å². The summed E-state index contributed by atoms with van der Waals surface area (Å²) in [6.07, 6.45) is 6.84. The smallest absolute Gasteiger partial charge is 0.161 e. The Morgan fingerprint density at radius 1 is 1.00 bits per heavy atom. The van der Waals surface area contributed by atoms with Gasteiger partial charge in [0.15, 0.2) is 11.5 Å². The van der Waals surface area contributed by atoms with Crippen LogP contribution in [0, 0.1) is 5.92 Å². The van der Waals surface area contributed by atoms with E-state index in [9.17, 15) is 0 Å². The Balaban J connectivity index is 1.61. The number of ether oxygens (including phenoxy) is 2. The lowest BCUT2D eigenvalue weighted by Gasteiger charge is -2.21. The van der Waals surface area contributed by atoms with E-state index < -0.39 is 0 Å². The first kappa shape index (κ1) is 15.2. The molecule has 1 aromatic carbocycles. The molecule has 0 spiro atoms. The third-order valence-corrected chi connectivity index (χ3v) is 5.27. The molecule has 2 aliphatic carbocycles. The largest absolute Gasteiger partial charge is 0.493 e. The van der Waals surface area contributed by atoms with Crippen LogP contribution in [-0.2, 0) is 0 Å². The molecule has 1 fully saturated rings. The van der Waals surface area contributed by atoms with Crippen LogP contribution in [-0.4, -0.2) is 31.0 Å². The number of hydrogen-bond donors (Lipinski definition) is 3. The van der Waals surface area contributed by atoms with Crippen LogP contribution in [0.3, 0.4) is 0 Å². The summed E-state index contributed by atoms with van der Waals surface area (Å²) in [5.74, 6) is 3.38. The number of benzene rings is 1. The standard InChI is InChI=1S/C19H25N3O2/c1-23-16-9-13-8-15-18(14(13)10-17(16)24-2)21-22-19(15)20-11-12-6-4-3-5-7-12/h8-10,12,20-22H,3-7,11H2,1-2H3. The minimum Gasteiger partial charge on any atom is -0.493 e. The number of rotatable bonds is 5. The van der Waals surface area contributed by atoms with E-state index in [1.54, 1.807) is 14.2 Å². The maximum absolute atomic E-state index is 5.43. The van der Waals surface area contributed by atoms with Crippen LogP contribution in [0.15, 0.2) is 18.2 Å². The van der Waals surface area contributed by atoms with Crippen molar-refractivity contribution in [3.05, 3.63) is 18.2 Å². The van der Waals surface area contributed by atoms with Gasteiger partial charge in [0.25, 0.3) is 0 Å². The van der Waals surface area contributed by atoms with Crippen LogP contribution in [0.5, 0.6) is 11.5 Å². The van der Waals surface area contributed by atoms with E-state index >= 15 is 0 Å². The molecule has 0 saturated heterocycles. The summed E-state index contributed by atoms with van der Waals surface area (Å²) in [7, 11) is 3.34. The van der Waals surface area contributed by atoms with Crippen LogP contribution in [0.2, 0.25) is 0 Å². The number of aromatic amines is 2. The Morgan fingerprint density at radius 3 is 2.50 bits per heavy atom. The Bertz CT molecular complexity index is 799. The molecule has 0 amide bonds. The summed E-state index contributed by atoms with van der Waals surface area (Å²) < 4.78 is 10.8. The maximum atomic E-state index is 5.43. The predicted molar refractivity (Wildman–Crippen MR) is 97.4 cm³/mol. The zero-order valence-corrected chi connectivity index (χ0v) is 14.4. The lowest BCUT2D eigenvalue weighted by Crippen LogP contribution is -2.17. The highest BCUT2D eigenvalue weighted by molar-refractivity contribution is 6.05. The van der Waals surface area contributed by atoms with Crippen molar-refractivity contribution >= 4 is 16.6 Å². The Labute approximate surface area is 142 Å². The van der Waals surface area contributed by atoms with Crippen LogP contribution in [0.4, 0.5) is 5.82 Å².